The number of aromatic nitrogens is 1. The van der Waals surface area contributed by atoms with Gasteiger partial charge in [0.25, 0.3) is 5.91 Å². The van der Waals surface area contributed by atoms with Crippen molar-refractivity contribution in [3.8, 4) is 16.9 Å². The number of carbonyl (C=O) groups excluding carboxylic acids is 1. The van der Waals surface area contributed by atoms with Crippen molar-refractivity contribution < 1.29 is 14.3 Å². The van der Waals surface area contributed by atoms with E-state index in [0.29, 0.717) is 11.1 Å². The van der Waals surface area contributed by atoms with Crippen molar-refractivity contribution >= 4 is 5.91 Å². The second-order valence-electron chi connectivity index (χ2n) is 3.68. The molecule has 2 N–H and O–H groups in total. The third-order valence-corrected chi connectivity index (χ3v) is 2.47. The Kier molecular flexibility index (Phi) is 3.23. The molecule has 0 unspecified atom stereocenters. The van der Waals surface area contributed by atoms with Crippen LogP contribution in [0.5, 0.6) is 5.75 Å². The molecule has 1 aromatic carbocycles. The lowest BCUT2D eigenvalue weighted by atomic mass is 10.1. The maximum absolute atomic E-state index is 13.1. The minimum atomic E-state index is -0.474. The fraction of sp³-hybridized carbons (Fsp3) is 0.0769. The molecule has 0 spiro atoms. The number of hydrogen-bond acceptors (Lipinski definition) is 3. The molecule has 5 heteroatoms. The predicted molar refractivity (Wildman–Crippen MR) is 64.7 cm³/mol. The lowest BCUT2D eigenvalue weighted by Gasteiger charge is -2.05. The first-order valence-corrected chi connectivity index (χ1v) is 5.29. The zero-order valence-corrected chi connectivity index (χ0v) is 9.64. The summed E-state index contributed by atoms with van der Waals surface area (Å²) in [5.41, 5.74) is 1.07. The van der Waals surface area contributed by atoms with Gasteiger partial charge < -0.3 is 10.4 Å². The molecule has 92 valence electrons. The Morgan fingerprint density at radius 1 is 1.33 bits per heavy atom. The number of hydrogen-bond donors (Lipinski definition) is 2. The fourth-order valence-electron chi connectivity index (χ4n) is 1.57. The van der Waals surface area contributed by atoms with Crippen LogP contribution in [-0.2, 0) is 0 Å². The summed E-state index contributed by atoms with van der Waals surface area (Å²) in [6.07, 6.45) is 1.42. The highest BCUT2D eigenvalue weighted by atomic mass is 19.1. The number of rotatable bonds is 2. The number of pyridine rings is 1. The molecular formula is C13H11FN2O2. The molecule has 0 saturated carbocycles. The molecule has 0 aliphatic rings. The highest BCUT2D eigenvalue weighted by Crippen LogP contribution is 2.25. The van der Waals surface area contributed by atoms with Crippen molar-refractivity contribution in [1.82, 2.24) is 10.3 Å². The number of benzene rings is 1. The van der Waals surface area contributed by atoms with Crippen LogP contribution in [0.2, 0.25) is 0 Å². The summed E-state index contributed by atoms with van der Waals surface area (Å²) in [6, 6.07) is 7.30. The summed E-state index contributed by atoms with van der Waals surface area (Å²) in [4.78, 5) is 15.2. The average Bonchev–Trinajstić information content (AvgIpc) is 2.37. The van der Waals surface area contributed by atoms with Crippen molar-refractivity contribution in [2.75, 3.05) is 7.05 Å². The van der Waals surface area contributed by atoms with Crippen molar-refractivity contribution in [2.24, 2.45) is 0 Å². The fourth-order valence-corrected chi connectivity index (χ4v) is 1.57. The van der Waals surface area contributed by atoms with E-state index in [-0.39, 0.29) is 17.3 Å². The predicted octanol–water partition coefficient (Wildman–Crippen LogP) is 1.95. The molecule has 0 atom stereocenters. The number of nitrogens with zero attached hydrogens (tertiary/aromatic N) is 1. The van der Waals surface area contributed by atoms with Gasteiger partial charge in [0.15, 0.2) is 5.69 Å². The van der Waals surface area contributed by atoms with Gasteiger partial charge in [-0.2, -0.15) is 0 Å². The summed E-state index contributed by atoms with van der Waals surface area (Å²) < 4.78 is 13.1. The molecule has 0 radical (unpaired) electrons. The molecular weight excluding hydrogens is 235 g/mol. The van der Waals surface area contributed by atoms with Gasteiger partial charge >= 0.3 is 0 Å². The van der Waals surface area contributed by atoms with Gasteiger partial charge in [-0.1, -0.05) is 12.1 Å². The molecule has 0 bridgehead atoms. The Hall–Kier alpha value is -2.43. The van der Waals surface area contributed by atoms with Crippen LogP contribution in [0.3, 0.4) is 0 Å². The summed E-state index contributed by atoms with van der Waals surface area (Å²) >= 11 is 0. The highest BCUT2D eigenvalue weighted by molar-refractivity contribution is 5.95. The topological polar surface area (TPSA) is 62.2 Å². The Morgan fingerprint density at radius 3 is 2.72 bits per heavy atom. The molecule has 4 nitrogen and oxygen atoms in total. The van der Waals surface area contributed by atoms with E-state index < -0.39 is 5.91 Å². The van der Waals surface area contributed by atoms with Gasteiger partial charge in [0.05, 0.1) is 0 Å². The number of nitrogens with one attached hydrogen (secondary N) is 1. The maximum Gasteiger partial charge on any atom is 0.273 e. The molecule has 2 aromatic rings. The second-order valence-corrected chi connectivity index (χ2v) is 3.68. The van der Waals surface area contributed by atoms with Gasteiger partial charge in [0.1, 0.15) is 11.6 Å². The molecule has 0 saturated heterocycles. The third kappa shape index (κ3) is 2.29. The number of halogens is 1. The molecule has 18 heavy (non-hydrogen) atoms. The van der Waals surface area contributed by atoms with E-state index >= 15 is 0 Å². The van der Waals surface area contributed by atoms with Gasteiger partial charge in [-0.3, -0.25) is 4.79 Å². The van der Waals surface area contributed by atoms with Gasteiger partial charge in [-0.25, -0.2) is 9.37 Å². The number of aromatic hydroxyl groups is 1. The van der Waals surface area contributed by atoms with E-state index in [2.05, 4.69) is 10.3 Å². The molecule has 0 aliphatic carbocycles. The standard InChI is InChI=1S/C13H11FN2O2/c1-15-13(18)12-11(17)6-9(7-16-12)8-3-2-4-10(14)5-8/h2-7,17H,1H3,(H,15,18). The lowest BCUT2D eigenvalue weighted by molar-refractivity contribution is 0.0955. The van der Waals surface area contributed by atoms with Crippen molar-refractivity contribution in [3.63, 3.8) is 0 Å². The first-order valence-electron chi connectivity index (χ1n) is 5.29. The Morgan fingerprint density at radius 2 is 2.11 bits per heavy atom. The molecule has 1 aromatic heterocycles. The van der Waals surface area contributed by atoms with Gasteiger partial charge in [-0.15, -0.1) is 0 Å². The average molecular weight is 246 g/mol. The SMILES string of the molecule is CNC(=O)c1ncc(-c2cccc(F)c2)cc1O. The zero-order chi connectivity index (χ0) is 13.1. The van der Waals surface area contributed by atoms with Crippen LogP contribution in [0.25, 0.3) is 11.1 Å². The Labute approximate surface area is 103 Å². The van der Waals surface area contributed by atoms with Crippen LogP contribution in [0.1, 0.15) is 10.5 Å². The molecule has 1 heterocycles. The number of carbonyl (C=O) groups is 1. The van der Waals surface area contributed by atoms with E-state index in [1.807, 2.05) is 0 Å². The Balaban J connectivity index is 2.43. The summed E-state index contributed by atoms with van der Waals surface area (Å²) in [5, 5.41) is 12.1. The van der Waals surface area contributed by atoms with Crippen LogP contribution in [-0.4, -0.2) is 23.0 Å². The maximum atomic E-state index is 13.1. The van der Waals surface area contributed by atoms with Crippen molar-refractivity contribution in [2.45, 2.75) is 0 Å². The summed E-state index contributed by atoms with van der Waals surface area (Å²) in [7, 11) is 1.45. The smallest absolute Gasteiger partial charge is 0.273 e. The summed E-state index contributed by atoms with van der Waals surface area (Å²) in [5.74, 6) is -1.09. The molecule has 2 rings (SSSR count). The van der Waals surface area contributed by atoms with Crippen molar-refractivity contribution in [1.29, 1.82) is 0 Å². The quantitative estimate of drug-likeness (QED) is 0.851. The molecule has 1 amide bonds. The summed E-state index contributed by atoms with van der Waals surface area (Å²) in [6.45, 7) is 0. The minimum Gasteiger partial charge on any atom is -0.505 e. The molecule has 0 fully saturated rings. The monoisotopic (exact) mass is 246 g/mol. The lowest BCUT2D eigenvalue weighted by Crippen LogP contribution is -2.19. The van der Waals surface area contributed by atoms with E-state index in [1.54, 1.807) is 12.1 Å². The van der Waals surface area contributed by atoms with Gasteiger partial charge in [0.2, 0.25) is 0 Å². The second kappa shape index (κ2) is 4.83. The first-order chi connectivity index (χ1) is 8.61. The van der Waals surface area contributed by atoms with Crippen LogP contribution in [0, 0.1) is 5.82 Å². The van der Waals surface area contributed by atoms with Gasteiger partial charge in [0, 0.05) is 18.8 Å². The first kappa shape index (κ1) is 12.0. The molecule has 0 aliphatic heterocycles. The number of amides is 1. The van der Waals surface area contributed by atoms with Crippen LogP contribution in [0.4, 0.5) is 4.39 Å². The van der Waals surface area contributed by atoms with E-state index in [0.717, 1.165) is 0 Å². The van der Waals surface area contributed by atoms with E-state index in [4.69, 9.17) is 0 Å². The minimum absolute atomic E-state index is 0.0577. The third-order valence-electron chi connectivity index (χ3n) is 2.47. The van der Waals surface area contributed by atoms with E-state index in [9.17, 15) is 14.3 Å². The zero-order valence-electron chi connectivity index (χ0n) is 9.64. The Bertz CT molecular complexity index is 599. The van der Waals surface area contributed by atoms with E-state index in [1.165, 1.54) is 31.4 Å². The van der Waals surface area contributed by atoms with Crippen LogP contribution >= 0.6 is 0 Å². The highest BCUT2D eigenvalue weighted by Gasteiger charge is 2.12. The van der Waals surface area contributed by atoms with Gasteiger partial charge in [-0.05, 0) is 23.8 Å². The largest absolute Gasteiger partial charge is 0.505 e. The van der Waals surface area contributed by atoms with Crippen molar-refractivity contribution in [3.05, 3.63) is 48.0 Å². The van der Waals surface area contributed by atoms with Crippen LogP contribution < -0.4 is 5.32 Å². The van der Waals surface area contributed by atoms with Crippen LogP contribution in [0.15, 0.2) is 36.5 Å². The normalized spacial score (nSPS) is 10.1.